The first kappa shape index (κ1) is 15.5. The Labute approximate surface area is 105 Å². The molecule has 1 heterocycles. The van der Waals surface area contributed by atoms with E-state index in [4.69, 9.17) is 20.3 Å². The van der Waals surface area contributed by atoms with Crippen LogP contribution in [-0.4, -0.2) is 65.5 Å². The van der Waals surface area contributed by atoms with E-state index in [9.17, 15) is 15.0 Å². The summed E-state index contributed by atoms with van der Waals surface area (Å²) in [5, 5.41) is 28.2. The van der Waals surface area contributed by atoms with Crippen LogP contribution >= 0.6 is 0 Å². The Morgan fingerprint density at radius 1 is 1.28 bits per heavy atom. The van der Waals surface area contributed by atoms with Crippen LogP contribution in [0.5, 0.6) is 0 Å². The second-order valence-corrected chi connectivity index (χ2v) is 4.32. The summed E-state index contributed by atoms with van der Waals surface area (Å²) in [6.45, 7) is -0.0802. The zero-order chi connectivity index (χ0) is 13.5. The van der Waals surface area contributed by atoms with Gasteiger partial charge in [0, 0.05) is 13.0 Å². The maximum atomic E-state index is 10.1. The minimum Gasteiger partial charge on any atom is -0.394 e. The van der Waals surface area contributed by atoms with Crippen LogP contribution in [0.15, 0.2) is 0 Å². The quantitative estimate of drug-likeness (QED) is 0.314. The largest absolute Gasteiger partial charge is 0.394 e. The lowest BCUT2D eigenvalue weighted by molar-refractivity contribution is -0.265. The smallest absolute Gasteiger partial charge is 0.175 e. The van der Waals surface area contributed by atoms with Gasteiger partial charge in [-0.25, -0.2) is 0 Å². The van der Waals surface area contributed by atoms with E-state index in [0.717, 1.165) is 6.29 Å². The average molecular weight is 263 g/mol. The van der Waals surface area contributed by atoms with Crippen LogP contribution in [0, 0.1) is 0 Å². The monoisotopic (exact) mass is 263 g/mol. The van der Waals surface area contributed by atoms with E-state index < -0.39 is 37.3 Å². The van der Waals surface area contributed by atoms with E-state index in [1.807, 2.05) is 0 Å². The molecule has 18 heavy (non-hydrogen) atoms. The van der Waals surface area contributed by atoms with E-state index in [1.54, 1.807) is 0 Å². The molecule has 1 rings (SSSR count). The van der Waals surface area contributed by atoms with Gasteiger partial charge in [-0.2, -0.15) is 0 Å². The Morgan fingerprint density at radius 2 is 2.00 bits per heavy atom. The lowest BCUT2D eigenvalue weighted by Crippen LogP contribution is -2.62. The zero-order valence-corrected chi connectivity index (χ0v) is 10.1. The highest BCUT2D eigenvalue weighted by Crippen LogP contribution is 2.20. The first-order chi connectivity index (χ1) is 8.61. The molecule has 0 aliphatic carbocycles. The van der Waals surface area contributed by atoms with Gasteiger partial charge < -0.3 is 35.3 Å². The maximum Gasteiger partial charge on any atom is 0.175 e. The summed E-state index contributed by atoms with van der Waals surface area (Å²) in [6.07, 6.45) is -1.49. The van der Waals surface area contributed by atoms with Gasteiger partial charge in [0.2, 0.25) is 0 Å². The van der Waals surface area contributed by atoms with Gasteiger partial charge in [-0.05, 0) is 12.8 Å². The summed E-state index contributed by atoms with van der Waals surface area (Å²) in [4.78, 5) is 10.1. The predicted octanol–water partition coefficient (Wildman–Crippen LogP) is -1.86. The molecular formula is C11H21NO6. The molecule has 7 nitrogen and oxygen atoms in total. The minimum absolute atomic E-state index is 0.340. The van der Waals surface area contributed by atoms with Crippen LogP contribution in [0.3, 0.4) is 0 Å². The van der Waals surface area contributed by atoms with E-state index >= 15 is 0 Å². The molecule has 0 spiro atoms. The molecule has 5 atom stereocenters. The van der Waals surface area contributed by atoms with Crippen molar-refractivity contribution in [2.75, 3.05) is 13.2 Å². The molecule has 0 aromatic heterocycles. The molecule has 0 saturated carbocycles. The van der Waals surface area contributed by atoms with Crippen LogP contribution in [0.1, 0.15) is 19.3 Å². The molecule has 5 N–H and O–H groups in total. The van der Waals surface area contributed by atoms with Crippen molar-refractivity contribution < 1.29 is 29.6 Å². The molecule has 0 aromatic rings. The van der Waals surface area contributed by atoms with Crippen molar-refractivity contribution in [1.29, 1.82) is 0 Å². The predicted molar refractivity (Wildman–Crippen MR) is 61.6 cm³/mol. The third-order valence-electron chi connectivity index (χ3n) is 2.93. The molecule has 1 fully saturated rings. The van der Waals surface area contributed by atoms with Crippen molar-refractivity contribution in [2.24, 2.45) is 5.73 Å². The van der Waals surface area contributed by atoms with Crippen molar-refractivity contribution in [3.8, 4) is 0 Å². The number of hydrogen-bond donors (Lipinski definition) is 4. The second kappa shape index (κ2) is 7.78. The highest BCUT2D eigenvalue weighted by molar-refractivity contribution is 5.48. The van der Waals surface area contributed by atoms with Gasteiger partial charge in [-0.3, -0.25) is 0 Å². The van der Waals surface area contributed by atoms with Gasteiger partial charge in [0.05, 0.1) is 12.6 Å². The summed E-state index contributed by atoms with van der Waals surface area (Å²) in [5.74, 6) is 0. The standard InChI is InChI=1S/C11H21NO6/c12-8-10(16)9(15)7(6-14)18-11(8)17-5-3-1-2-4-13/h4,7-11,14-16H,1-3,5-6,12H2. The lowest BCUT2D eigenvalue weighted by Gasteiger charge is -2.40. The Kier molecular flexibility index (Phi) is 6.69. The number of hydrogen-bond acceptors (Lipinski definition) is 7. The van der Waals surface area contributed by atoms with Crippen molar-refractivity contribution in [3.63, 3.8) is 0 Å². The fourth-order valence-corrected chi connectivity index (χ4v) is 1.78. The maximum absolute atomic E-state index is 10.1. The number of rotatable bonds is 7. The van der Waals surface area contributed by atoms with E-state index in [2.05, 4.69) is 0 Å². The zero-order valence-electron chi connectivity index (χ0n) is 10.1. The molecule has 1 aliphatic rings. The number of nitrogens with two attached hydrogens (primary N) is 1. The van der Waals surface area contributed by atoms with Crippen LogP contribution < -0.4 is 5.73 Å². The molecule has 1 aliphatic heterocycles. The lowest BCUT2D eigenvalue weighted by atomic mass is 9.98. The van der Waals surface area contributed by atoms with Gasteiger partial charge >= 0.3 is 0 Å². The molecule has 0 aromatic carbocycles. The molecule has 1 saturated heterocycles. The molecule has 106 valence electrons. The second-order valence-electron chi connectivity index (χ2n) is 4.32. The van der Waals surface area contributed by atoms with Crippen molar-refractivity contribution in [3.05, 3.63) is 0 Å². The van der Waals surface area contributed by atoms with E-state index in [0.29, 0.717) is 25.9 Å². The Balaban J connectivity index is 2.37. The van der Waals surface area contributed by atoms with Crippen LogP contribution in [0.2, 0.25) is 0 Å². The number of aliphatic hydroxyl groups is 3. The van der Waals surface area contributed by atoms with Crippen molar-refractivity contribution >= 4 is 6.29 Å². The SMILES string of the molecule is NC1C(OCCCCC=O)OC(CO)C(O)C1O. The number of unbranched alkanes of at least 4 members (excludes halogenated alkanes) is 2. The highest BCUT2D eigenvalue weighted by Gasteiger charge is 2.42. The van der Waals surface area contributed by atoms with Crippen molar-refractivity contribution in [2.45, 2.75) is 49.9 Å². The third-order valence-corrected chi connectivity index (χ3v) is 2.93. The number of carbonyl (C=O) groups excluding carboxylic acids is 1. The normalized spacial score (nSPS) is 36.6. The fraction of sp³-hybridized carbons (Fsp3) is 0.909. The molecule has 5 unspecified atom stereocenters. The minimum atomic E-state index is -1.22. The Hall–Kier alpha value is -0.570. The molecule has 0 bridgehead atoms. The van der Waals surface area contributed by atoms with E-state index in [-0.39, 0.29) is 0 Å². The van der Waals surface area contributed by atoms with Gasteiger partial charge in [0.15, 0.2) is 6.29 Å². The summed E-state index contributed by atoms with van der Waals surface area (Å²) in [6, 6.07) is -0.867. The number of ether oxygens (including phenoxy) is 2. The van der Waals surface area contributed by atoms with Crippen molar-refractivity contribution in [1.82, 2.24) is 0 Å². The number of aliphatic hydroxyl groups excluding tert-OH is 3. The average Bonchev–Trinajstić information content (AvgIpc) is 2.38. The van der Waals surface area contributed by atoms with Gasteiger partial charge in [-0.1, -0.05) is 0 Å². The van der Waals surface area contributed by atoms with Crippen LogP contribution in [0.25, 0.3) is 0 Å². The topological polar surface area (TPSA) is 122 Å². The summed E-state index contributed by atoms with van der Waals surface area (Å²) in [5.41, 5.74) is 5.67. The first-order valence-corrected chi connectivity index (χ1v) is 6.05. The highest BCUT2D eigenvalue weighted by atomic mass is 16.7. The van der Waals surface area contributed by atoms with Gasteiger partial charge in [0.1, 0.15) is 24.6 Å². The number of carbonyl (C=O) groups is 1. The molecular weight excluding hydrogens is 242 g/mol. The number of aldehydes is 1. The van der Waals surface area contributed by atoms with Gasteiger partial charge in [-0.15, -0.1) is 0 Å². The van der Waals surface area contributed by atoms with Crippen LogP contribution in [-0.2, 0) is 14.3 Å². The third kappa shape index (κ3) is 3.98. The molecule has 0 radical (unpaired) electrons. The Morgan fingerprint density at radius 3 is 2.61 bits per heavy atom. The van der Waals surface area contributed by atoms with Gasteiger partial charge in [0.25, 0.3) is 0 Å². The Bertz CT molecular complexity index is 250. The molecule has 7 heteroatoms. The summed E-state index contributed by atoms with van der Waals surface area (Å²) >= 11 is 0. The summed E-state index contributed by atoms with van der Waals surface area (Å²) in [7, 11) is 0. The fourth-order valence-electron chi connectivity index (χ4n) is 1.78. The summed E-state index contributed by atoms with van der Waals surface area (Å²) < 4.78 is 10.6. The molecule has 0 amide bonds. The van der Waals surface area contributed by atoms with Crippen LogP contribution in [0.4, 0.5) is 0 Å². The first-order valence-electron chi connectivity index (χ1n) is 6.05. The van der Waals surface area contributed by atoms with E-state index in [1.165, 1.54) is 0 Å².